The van der Waals surface area contributed by atoms with Crippen LogP contribution in [0.2, 0.25) is 0 Å². The number of thiazole rings is 1. The molecule has 2 N–H and O–H groups in total. The highest BCUT2D eigenvalue weighted by Crippen LogP contribution is 2.25. The van der Waals surface area contributed by atoms with Crippen LogP contribution in [0.5, 0.6) is 11.5 Å². The Hall–Kier alpha value is -2.28. The summed E-state index contributed by atoms with van der Waals surface area (Å²) in [6.45, 7) is 6.09. The van der Waals surface area contributed by atoms with E-state index in [2.05, 4.69) is 20.6 Å². The number of ether oxygens (including phenoxy) is 2. The summed E-state index contributed by atoms with van der Waals surface area (Å²) in [4.78, 5) is 10.1. The van der Waals surface area contributed by atoms with Gasteiger partial charge in [0.15, 0.2) is 5.96 Å². The van der Waals surface area contributed by atoms with Crippen molar-refractivity contribution in [2.75, 3.05) is 20.8 Å². The van der Waals surface area contributed by atoms with Crippen molar-refractivity contribution >= 4 is 17.3 Å². The fourth-order valence-electron chi connectivity index (χ4n) is 2.15. The summed E-state index contributed by atoms with van der Waals surface area (Å²) >= 11 is 1.64. The molecule has 0 atom stereocenters. The van der Waals surface area contributed by atoms with Crippen LogP contribution >= 0.6 is 11.3 Å². The van der Waals surface area contributed by atoms with E-state index in [1.807, 2.05) is 37.6 Å². The third-order valence-electron chi connectivity index (χ3n) is 3.51. The van der Waals surface area contributed by atoms with Gasteiger partial charge in [-0.25, -0.2) is 9.98 Å². The second kappa shape index (κ2) is 9.12. The number of aryl methyl sites for hydroxylation is 1. The lowest BCUT2D eigenvalue weighted by atomic mass is 10.2. The van der Waals surface area contributed by atoms with Gasteiger partial charge in [-0.3, -0.25) is 0 Å². The minimum atomic E-state index is 0.518. The number of nitrogens with zero attached hydrogens (tertiary/aromatic N) is 2. The Morgan fingerprint density at radius 2 is 2.08 bits per heavy atom. The van der Waals surface area contributed by atoms with Crippen molar-refractivity contribution in [2.45, 2.75) is 26.9 Å². The van der Waals surface area contributed by atoms with Crippen molar-refractivity contribution in [2.24, 2.45) is 4.99 Å². The Balaban J connectivity index is 2.06. The van der Waals surface area contributed by atoms with Crippen LogP contribution in [0.4, 0.5) is 0 Å². The highest BCUT2D eigenvalue weighted by Gasteiger charge is 2.06. The van der Waals surface area contributed by atoms with Crippen LogP contribution in [0.3, 0.4) is 0 Å². The van der Waals surface area contributed by atoms with Crippen molar-refractivity contribution < 1.29 is 9.47 Å². The number of nitrogens with one attached hydrogen (secondary N) is 2. The number of guanidine groups is 1. The third-order valence-corrected chi connectivity index (χ3v) is 4.44. The van der Waals surface area contributed by atoms with Crippen molar-refractivity contribution in [3.63, 3.8) is 0 Å². The van der Waals surface area contributed by atoms with E-state index in [0.29, 0.717) is 13.1 Å². The zero-order valence-electron chi connectivity index (χ0n) is 14.5. The molecule has 130 valence electrons. The molecule has 6 nitrogen and oxygen atoms in total. The predicted octanol–water partition coefficient (Wildman–Crippen LogP) is 2.72. The number of hydrogen-bond donors (Lipinski definition) is 2. The molecule has 2 aromatic rings. The number of benzene rings is 1. The van der Waals surface area contributed by atoms with Gasteiger partial charge in [0.1, 0.15) is 11.5 Å². The highest BCUT2D eigenvalue weighted by atomic mass is 32.1. The molecule has 0 unspecified atom stereocenters. The quantitative estimate of drug-likeness (QED) is 0.595. The Kier molecular flexibility index (Phi) is 6.87. The average Bonchev–Trinajstić information content (AvgIpc) is 3.02. The first kappa shape index (κ1) is 18.1. The summed E-state index contributed by atoms with van der Waals surface area (Å²) in [6, 6.07) is 5.75. The minimum Gasteiger partial charge on any atom is -0.497 e. The molecule has 0 bridgehead atoms. The summed E-state index contributed by atoms with van der Waals surface area (Å²) in [5.41, 5.74) is 3.92. The molecule has 1 aromatic heterocycles. The average molecular weight is 348 g/mol. The molecule has 0 fully saturated rings. The highest BCUT2D eigenvalue weighted by molar-refractivity contribution is 7.09. The molecule has 7 heteroatoms. The maximum atomic E-state index is 5.42. The van der Waals surface area contributed by atoms with Crippen LogP contribution in [0.1, 0.15) is 23.1 Å². The van der Waals surface area contributed by atoms with Gasteiger partial charge in [-0.05, 0) is 26.0 Å². The second-order valence-corrected chi connectivity index (χ2v) is 6.03. The fraction of sp³-hybridized carbons (Fsp3) is 0.412. The summed E-state index contributed by atoms with van der Waals surface area (Å²) < 4.78 is 10.6. The van der Waals surface area contributed by atoms with Gasteiger partial charge >= 0.3 is 0 Å². The van der Waals surface area contributed by atoms with E-state index in [1.165, 1.54) is 4.88 Å². The van der Waals surface area contributed by atoms with Gasteiger partial charge in [-0.2, -0.15) is 0 Å². The standard InChI is InChI=1S/C17H24N4O2S/c1-5-18-17(20-10-16-12(2)21-11-24-16)19-9-13-6-7-14(22-3)8-15(13)23-4/h6-8,11H,5,9-10H2,1-4H3,(H2,18,19,20). The number of rotatable bonds is 7. The normalized spacial score (nSPS) is 11.2. The zero-order chi connectivity index (χ0) is 17.4. The lowest BCUT2D eigenvalue weighted by Gasteiger charge is -2.12. The predicted molar refractivity (Wildman–Crippen MR) is 98.1 cm³/mol. The summed E-state index contributed by atoms with van der Waals surface area (Å²) in [5.74, 6) is 2.31. The molecular weight excluding hydrogens is 324 g/mol. The first-order valence-corrected chi connectivity index (χ1v) is 8.68. The minimum absolute atomic E-state index is 0.518. The number of hydrogen-bond acceptors (Lipinski definition) is 5. The molecular formula is C17H24N4O2S. The van der Waals surface area contributed by atoms with E-state index >= 15 is 0 Å². The van der Waals surface area contributed by atoms with E-state index in [-0.39, 0.29) is 0 Å². The Morgan fingerprint density at radius 1 is 1.25 bits per heavy atom. The first-order valence-electron chi connectivity index (χ1n) is 7.80. The fourth-order valence-corrected chi connectivity index (χ4v) is 2.87. The molecule has 0 radical (unpaired) electrons. The maximum absolute atomic E-state index is 5.42. The van der Waals surface area contributed by atoms with Gasteiger partial charge < -0.3 is 20.1 Å². The number of aliphatic imine (C=N–C) groups is 1. The van der Waals surface area contributed by atoms with Gasteiger partial charge in [0.05, 0.1) is 38.5 Å². The molecule has 0 aliphatic rings. The summed E-state index contributed by atoms with van der Waals surface area (Å²) in [6.07, 6.45) is 0. The molecule has 0 saturated heterocycles. The molecule has 0 aliphatic carbocycles. The van der Waals surface area contributed by atoms with Gasteiger partial charge in [0, 0.05) is 23.1 Å². The second-order valence-electron chi connectivity index (χ2n) is 5.09. The van der Waals surface area contributed by atoms with Gasteiger partial charge in [0.25, 0.3) is 0 Å². The van der Waals surface area contributed by atoms with Crippen LogP contribution < -0.4 is 20.1 Å². The SMILES string of the molecule is CCNC(=NCc1ccc(OC)cc1OC)NCc1scnc1C. The smallest absolute Gasteiger partial charge is 0.191 e. The molecule has 0 spiro atoms. The third kappa shape index (κ3) is 4.86. The molecule has 24 heavy (non-hydrogen) atoms. The molecule has 0 saturated carbocycles. The van der Waals surface area contributed by atoms with E-state index in [9.17, 15) is 0 Å². The van der Waals surface area contributed by atoms with Crippen LogP contribution in [-0.2, 0) is 13.1 Å². The van der Waals surface area contributed by atoms with Crippen LogP contribution in [-0.4, -0.2) is 31.7 Å². The largest absolute Gasteiger partial charge is 0.497 e. The summed E-state index contributed by atoms with van der Waals surface area (Å²) in [5, 5.41) is 6.59. The molecule has 2 rings (SSSR count). The van der Waals surface area contributed by atoms with Crippen LogP contribution in [0, 0.1) is 6.92 Å². The topological polar surface area (TPSA) is 67.8 Å². The van der Waals surface area contributed by atoms with Crippen LogP contribution in [0.15, 0.2) is 28.7 Å². The van der Waals surface area contributed by atoms with Crippen LogP contribution in [0.25, 0.3) is 0 Å². The van der Waals surface area contributed by atoms with Crippen molar-refractivity contribution in [3.05, 3.63) is 39.8 Å². The maximum Gasteiger partial charge on any atom is 0.191 e. The lowest BCUT2D eigenvalue weighted by Crippen LogP contribution is -2.36. The zero-order valence-corrected chi connectivity index (χ0v) is 15.4. The molecule has 1 aromatic carbocycles. The monoisotopic (exact) mass is 348 g/mol. The Morgan fingerprint density at radius 3 is 2.71 bits per heavy atom. The Labute approximate surface area is 146 Å². The van der Waals surface area contributed by atoms with Crippen molar-refractivity contribution in [1.29, 1.82) is 0 Å². The summed E-state index contributed by atoms with van der Waals surface area (Å²) in [7, 11) is 3.29. The van der Waals surface area contributed by atoms with Gasteiger partial charge in [-0.1, -0.05) is 0 Å². The number of aromatic nitrogens is 1. The molecule has 1 heterocycles. The Bertz CT molecular complexity index is 685. The van der Waals surface area contributed by atoms with Crippen molar-refractivity contribution in [3.8, 4) is 11.5 Å². The molecule has 0 aliphatic heterocycles. The van der Waals surface area contributed by atoms with Gasteiger partial charge in [0.2, 0.25) is 0 Å². The van der Waals surface area contributed by atoms with Gasteiger partial charge in [-0.15, -0.1) is 11.3 Å². The lowest BCUT2D eigenvalue weighted by molar-refractivity contribution is 0.391. The first-order chi connectivity index (χ1) is 11.7. The van der Waals surface area contributed by atoms with E-state index in [0.717, 1.165) is 35.3 Å². The van der Waals surface area contributed by atoms with E-state index < -0.39 is 0 Å². The molecule has 0 amide bonds. The number of methoxy groups -OCH3 is 2. The van der Waals surface area contributed by atoms with E-state index in [4.69, 9.17) is 9.47 Å². The van der Waals surface area contributed by atoms with Crippen molar-refractivity contribution in [1.82, 2.24) is 15.6 Å². The van der Waals surface area contributed by atoms with E-state index in [1.54, 1.807) is 25.6 Å².